The van der Waals surface area contributed by atoms with E-state index in [9.17, 15) is 8.60 Å². The first-order chi connectivity index (χ1) is 8.99. The van der Waals surface area contributed by atoms with Crippen molar-refractivity contribution in [2.24, 2.45) is 0 Å². The van der Waals surface area contributed by atoms with Crippen molar-refractivity contribution in [3.8, 4) is 0 Å². The summed E-state index contributed by atoms with van der Waals surface area (Å²) in [7, 11) is -0.894. The van der Waals surface area contributed by atoms with Gasteiger partial charge in [-0.05, 0) is 41.1 Å². The lowest BCUT2D eigenvalue weighted by Gasteiger charge is -2.16. The highest BCUT2D eigenvalue weighted by Crippen LogP contribution is 2.30. The molecule has 1 N–H and O–H groups in total. The van der Waals surface area contributed by atoms with Gasteiger partial charge in [0, 0.05) is 45.2 Å². The highest BCUT2D eigenvalue weighted by atomic mass is 79.9. The fourth-order valence-electron chi connectivity index (χ4n) is 1.97. The number of nitrogens with zero attached hydrogens (tertiary/aromatic N) is 1. The van der Waals surface area contributed by atoms with E-state index in [4.69, 9.17) is 0 Å². The Morgan fingerprint density at radius 2 is 2.21 bits per heavy atom. The van der Waals surface area contributed by atoms with Crippen molar-refractivity contribution >= 4 is 43.3 Å². The largest absolute Gasteiger partial charge is 0.381 e. The van der Waals surface area contributed by atoms with Crippen molar-refractivity contribution in [3.63, 3.8) is 0 Å². The summed E-state index contributed by atoms with van der Waals surface area (Å²) in [5.74, 6) is 0.193. The van der Waals surface area contributed by atoms with E-state index in [1.54, 1.807) is 24.6 Å². The van der Waals surface area contributed by atoms with Crippen molar-refractivity contribution in [1.82, 2.24) is 4.98 Å². The minimum Gasteiger partial charge on any atom is -0.381 e. The van der Waals surface area contributed by atoms with Crippen molar-refractivity contribution in [1.29, 1.82) is 0 Å². The molecule has 0 aliphatic carbocycles. The van der Waals surface area contributed by atoms with Crippen LogP contribution in [0.5, 0.6) is 0 Å². The lowest BCUT2D eigenvalue weighted by Crippen LogP contribution is -2.22. The van der Waals surface area contributed by atoms with Crippen LogP contribution in [0.15, 0.2) is 28.9 Å². The molecule has 2 unspecified atom stereocenters. The molecule has 0 saturated heterocycles. The number of rotatable bonds is 4. The molecule has 2 atom stereocenters. The summed E-state index contributed by atoms with van der Waals surface area (Å²) in [4.78, 5) is 4.18. The van der Waals surface area contributed by atoms with Crippen LogP contribution in [0.4, 0.5) is 10.1 Å². The van der Waals surface area contributed by atoms with Gasteiger partial charge in [0.1, 0.15) is 5.82 Å². The van der Waals surface area contributed by atoms with E-state index in [0.29, 0.717) is 22.3 Å². The number of anilines is 1. The molecule has 1 heterocycles. The van der Waals surface area contributed by atoms with Gasteiger partial charge in [-0.15, -0.1) is 0 Å². The van der Waals surface area contributed by atoms with E-state index in [1.807, 2.05) is 6.92 Å². The second kappa shape index (κ2) is 5.96. The number of halogens is 2. The average Bonchev–Trinajstić information content (AvgIpc) is 2.33. The summed E-state index contributed by atoms with van der Waals surface area (Å²) >= 11 is 3.37. The molecule has 0 fully saturated rings. The van der Waals surface area contributed by atoms with Gasteiger partial charge in [0.2, 0.25) is 0 Å². The molecular formula is C13H14BrFN2OS. The van der Waals surface area contributed by atoms with Crippen LogP contribution in [0.25, 0.3) is 10.9 Å². The van der Waals surface area contributed by atoms with Crippen LogP contribution < -0.4 is 5.32 Å². The minimum atomic E-state index is -0.894. The molecule has 102 valence electrons. The quantitative estimate of drug-likeness (QED) is 0.924. The molecular weight excluding hydrogens is 331 g/mol. The van der Waals surface area contributed by atoms with E-state index in [2.05, 4.69) is 26.2 Å². The van der Waals surface area contributed by atoms with Crippen LogP contribution in [0.3, 0.4) is 0 Å². The molecule has 19 heavy (non-hydrogen) atoms. The maximum Gasteiger partial charge on any atom is 0.134 e. The molecule has 0 aliphatic rings. The second-order valence-electron chi connectivity index (χ2n) is 4.40. The molecule has 0 bridgehead atoms. The monoisotopic (exact) mass is 344 g/mol. The first-order valence-electron chi connectivity index (χ1n) is 5.78. The maximum atomic E-state index is 14.0. The summed E-state index contributed by atoms with van der Waals surface area (Å²) in [6.45, 7) is 1.92. The van der Waals surface area contributed by atoms with Gasteiger partial charge in [0.05, 0.1) is 10.9 Å². The lowest BCUT2D eigenvalue weighted by molar-refractivity contribution is 0.639. The molecule has 2 rings (SSSR count). The molecule has 0 radical (unpaired) electrons. The van der Waals surface area contributed by atoms with Crippen molar-refractivity contribution in [2.45, 2.75) is 13.0 Å². The van der Waals surface area contributed by atoms with Crippen LogP contribution in [0, 0.1) is 5.82 Å². The SMILES string of the molecule is CC(CS(C)=O)Nc1ccnc2c(Br)ccc(F)c12. The second-order valence-corrected chi connectivity index (χ2v) is 6.73. The van der Waals surface area contributed by atoms with E-state index >= 15 is 0 Å². The van der Waals surface area contributed by atoms with Crippen LogP contribution >= 0.6 is 15.9 Å². The number of benzene rings is 1. The molecule has 0 amide bonds. The molecule has 3 nitrogen and oxygen atoms in total. The van der Waals surface area contributed by atoms with Gasteiger partial charge in [-0.25, -0.2) is 4.39 Å². The summed E-state index contributed by atoms with van der Waals surface area (Å²) < 4.78 is 25.9. The number of pyridine rings is 1. The Labute approximate surface area is 122 Å². The highest BCUT2D eigenvalue weighted by molar-refractivity contribution is 9.10. The minimum absolute atomic E-state index is 0.00480. The van der Waals surface area contributed by atoms with E-state index in [1.165, 1.54) is 6.07 Å². The topological polar surface area (TPSA) is 42.0 Å². The summed E-state index contributed by atoms with van der Waals surface area (Å²) in [6, 6.07) is 4.77. The highest BCUT2D eigenvalue weighted by Gasteiger charge is 2.12. The van der Waals surface area contributed by atoms with Gasteiger partial charge in [-0.1, -0.05) is 0 Å². The Balaban J connectivity index is 2.44. The molecule has 2 aromatic rings. The number of hydrogen-bond acceptors (Lipinski definition) is 3. The smallest absolute Gasteiger partial charge is 0.134 e. The average molecular weight is 345 g/mol. The molecule has 0 saturated carbocycles. The number of hydrogen-bond donors (Lipinski definition) is 1. The zero-order valence-corrected chi connectivity index (χ0v) is 13.0. The third kappa shape index (κ3) is 3.30. The third-order valence-corrected chi connectivity index (χ3v) is 4.29. The van der Waals surface area contributed by atoms with Crippen LogP contribution in [0.1, 0.15) is 6.92 Å². The van der Waals surface area contributed by atoms with E-state index < -0.39 is 10.8 Å². The van der Waals surface area contributed by atoms with Gasteiger partial charge >= 0.3 is 0 Å². The Morgan fingerprint density at radius 1 is 1.47 bits per heavy atom. The van der Waals surface area contributed by atoms with E-state index in [-0.39, 0.29) is 11.9 Å². The molecule has 1 aromatic heterocycles. The Bertz CT molecular complexity index is 635. The van der Waals surface area contributed by atoms with Gasteiger partial charge in [0.25, 0.3) is 0 Å². The van der Waals surface area contributed by atoms with Crippen LogP contribution in [0.2, 0.25) is 0 Å². The van der Waals surface area contributed by atoms with Gasteiger partial charge in [-0.2, -0.15) is 0 Å². The summed E-state index contributed by atoms with van der Waals surface area (Å²) in [5, 5.41) is 3.64. The number of nitrogens with one attached hydrogen (secondary N) is 1. The lowest BCUT2D eigenvalue weighted by atomic mass is 10.1. The predicted octanol–water partition coefficient (Wildman–Crippen LogP) is 3.32. The normalized spacial score (nSPS) is 14.3. The molecule has 0 aliphatic heterocycles. The third-order valence-electron chi connectivity index (χ3n) is 2.68. The van der Waals surface area contributed by atoms with Crippen molar-refractivity contribution in [2.75, 3.05) is 17.3 Å². The molecule has 6 heteroatoms. The molecule has 1 aromatic carbocycles. The zero-order chi connectivity index (χ0) is 14.0. The van der Waals surface area contributed by atoms with Gasteiger partial charge < -0.3 is 5.32 Å². The number of fused-ring (bicyclic) bond motifs is 1. The predicted molar refractivity (Wildman–Crippen MR) is 81.4 cm³/mol. The van der Waals surface area contributed by atoms with Crippen LogP contribution in [-0.4, -0.2) is 27.2 Å². The standard InChI is InChI=1S/C13H14BrFN2OS/c1-8(7-19(2)18)17-11-5-6-16-13-9(14)3-4-10(15)12(11)13/h3-6,8H,7H2,1-2H3,(H,16,17). The van der Waals surface area contributed by atoms with Crippen molar-refractivity contribution in [3.05, 3.63) is 34.7 Å². The fraction of sp³-hybridized carbons (Fsp3) is 0.308. The van der Waals surface area contributed by atoms with Gasteiger partial charge in [-0.3, -0.25) is 9.19 Å². The fourth-order valence-corrected chi connectivity index (χ4v) is 3.19. The first-order valence-corrected chi connectivity index (χ1v) is 8.30. The Kier molecular flexibility index (Phi) is 4.52. The van der Waals surface area contributed by atoms with Gasteiger partial charge in [0.15, 0.2) is 0 Å². The number of aromatic nitrogens is 1. The maximum absolute atomic E-state index is 14.0. The van der Waals surface area contributed by atoms with Crippen LogP contribution in [-0.2, 0) is 10.8 Å². The zero-order valence-electron chi connectivity index (χ0n) is 10.6. The van der Waals surface area contributed by atoms with E-state index in [0.717, 1.165) is 4.47 Å². The van der Waals surface area contributed by atoms with Crippen molar-refractivity contribution < 1.29 is 8.60 Å². The molecule has 0 spiro atoms. The summed E-state index contributed by atoms with van der Waals surface area (Å²) in [6.07, 6.45) is 3.28. The summed E-state index contributed by atoms with van der Waals surface area (Å²) in [5.41, 5.74) is 1.25. The Morgan fingerprint density at radius 3 is 2.89 bits per heavy atom. The first kappa shape index (κ1) is 14.4. The Hall–Kier alpha value is -1.01.